The fourth-order valence-corrected chi connectivity index (χ4v) is 7.05. The zero-order chi connectivity index (χ0) is 33.0. The standard InChI is InChI=1S/C35H58N4O6/c1-25(2)18-30(40)33(43)29(20-26-12-7-5-8-13-26)39(24-35(45)15-9-6-10-16-35)34(44)28(19-27-14-11-17-36-22-27)21-31(41)37-23-32(42)38(3)4/h11,14,17,22,25-26,28-30,33,40,43,45H,5-10,12-13,15-16,18-21,23-24H2,1-4H3,(H,37,41)/t28-,29+,30+,33-/m1/s1. The third kappa shape index (κ3) is 12.0. The number of aliphatic hydroxyl groups excluding tert-OH is 2. The molecule has 10 nitrogen and oxygen atoms in total. The molecule has 1 aromatic heterocycles. The van der Waals surface area contributed by atoms with E-state index in [2.05, 4.69) is 10.3 Å². The number of carbonyl (C=O) groups is 3. The van der Waals surface area contributed by atoms with E-state index < -0.39 is 35.7 Å². The van der Waals surface area contributed by atoms with Crippen molar-refractivity contribution in [2.24, 2.45) is 17.8 Å². The molecule has 254 valence electrons. The molecule has 0 aliphatic heterocycles. The van der Waals surface area contributed by atoms with Crippen LogP contribution in [0.2, 0.25) is 0 Å². The lowest BCUT2D eigenvalue weighted by atomic mass is 9.79. The van der Waals surface area contributed by atoms with Crippen molar-refractivity contribution in [1.29, 1.82) is 0 Å². The van der Waals surface area contributed by atoms with E-state index in [1.807, 2.05) is 19.9 Å². The van der Waals surface area contributed by atoms with Crippen LogP contribution in [0.15, 0.2) is 24.5 Å². The van der Waals surface area contributed by atoms with Crippen LogP contribution in [0.1, 0.15) is 103 Å². The van der Waals surface area contributed by atoms with Crippen molar-refractivity contribution >= 4 is 17.7 Å². The van der Waals surface area contributed by atoms with Gasteiger partial charge in [0.25, 0.3) is 0 Å². The molecule has 10 heteroatoms. The first-order chi connectivity index (χ1) is 21.4. The van der Waals surface area contributed by atoms with Crippen LogP contribution in [-0.2, 0) is 20.8 Å². The predicted octanol–water partition coefficient (Wildman–Crippen LogP) is 3.47. The van der Waals surface area contributed by atoms with E-state index in [-0.39, 0.29) is 49.6 Å². The summed E-state index contributed by atoms with van der Waals surface area (Å²) in [7, 11) is 3.23. The third-order valence-electron chi connectivity index (χ3n) is 9.65. The molecule has 3 amide bonds. The molecular weight excluding hydrogens is 572 g/mol. The average Bonchev–Trinajstić information content (AvgIpc) is 3.01. The first-order valence-corrected chi connectivity index (χ1v) is 17.1. The van der Waals surface area contributed by atoms with Gasteiger partial charge in [-0.3, -0.25) is 19.4 Å². The predicted molar refractivity (Wildman–Crippen MR) is 174 cm³/mol. The third-order valence-corrected chi connectivity index (χ3v) is 9.65. The second-order valence-electron chi connectivity index (χ2n) is 14.3. The highest BCUT2D eigenvalue weighted by Crippen LogP contribution is 2.35. The number of carbonyl (C=O) groups excluding carboxylic acids is 3. The molecule has 4 atom stereocenters. The maximum absolute atomic E-state index is 14.8. The summed E-state index contributed by atoms with van der Waals surface area (Å²) in [5, 5.41) is 37.5. The van der Waals surface area contributed by atoms with Crippen LogP contribution >= 0.6 is 0 Å². The van der Waals surface area contributed by atoms with E-state index in [4.69, 9.17) is 0 Å². The summed E-state index contributed by atoms with van der Waals surface area (Å²) in [5.74, 6) is -1.40. The molecule has 0 bridgehead atoms. The first kappa shape index (κ1) is 36.9. The Morgan fingerprint density at radius 3 is 2.31 bits per heavy atom. The maximum atomic E-state index is 14.8. The van der Waals surface area contributed by atoms with Crippen molar-refractivity contribution in [3.8, 4) is 0 Å². The zero-order valence-electron chi connectivity index (χ0n) is 28.0. The number of nitrogens with one attached hydrogen (secondary N) is 1. The van der Waals surface area contributed by atoms with Crippen molar-refractivity contribution in [3.63, 3.8) is 0 Å². The number of aliphatic hydroxyl groups is 3. The summed E-state index contributed by atoms with van der Waals surface area (Å²) < 4.78 is 0. The van der Waals surface area contributed by atoms with E-state index in [1.54, 1.807) is 37.5 Å². The molecule has 0 spiro atoms. The number of hydrogen-bond donors (Lipinski definition) is 4. The van der Waals surface area contributed by atoms with Crippen LogP contribution in [0.3, 0.4) is 0 Å². The van der Waals surface area contributed by atoms with Crippen molar-refractivity contribution in [2.45, 2.75) is 128 Å². The van der Waals surface area contributed by atoms with Crippen molar-refractivity contribution in [2.75, 3.05) is 27.2 Å². The van der Waals surface area contributed by atoms with Crippen LogP contribution in [0.5, 0.6) is 0 Å². The summed E-state index contributed by atoms with van der Waals surface area (Å²) in [4.78, 5) is 47.4. The Bertz CT molecular complexity index is 1060. The van der Waals surface area contributed by atoms with Gasteiger partial charge in [0.1, 0.15) is 6.10 Å². The number of aromatic nitrogens is 1. The van der Waals surface area contributed by atoms with Gasteiger partial charge in [0.15, 0.2) is 0 Å². The van der Waals surface area contributed by atoms with Gasteiger partial charge in [-0.05, 0) is 55.6 Å². The normalized spacial score (nSPS) is 19.7. The van der Waals surface area contributed by atoms with Crippen molar-refractivity contribution in [1.82, 2.24) is 20.1 Å². The van der Waals surface area contributed by atoms with Crippen LogP contribution < -0.4 is 5.32 Å². The molecule has 1 heterocycles. The summed E-state index contributed by atoms with van der Waals surface area (Å²) in [6, 6.07) is 2.93. The molecule has 0 aromatic carbocycles. The summed E-state index contributed by atoms with van der Waals surface area (Å²) >= 11 is 0. The largest absolute Gasteiger partial charge is 0.390 e. The fourth-order valence-electron chi connectivity index (χ4n) is 7.05. The summed E-state index contributed by atoms with van der Waals surface area (Å²) in [5.41, 5.74) is -0.325. The van der Waals surface area contributed by atoms with Gasteiger partial charge >= 0.3 is 0 Å². The second-order valence-corrected chi connectivity index (χ2v) is 14.3. The highest BCUT2D eigenvalue weighted by molar-refractivity contribution is 5.88. The van der Waals surface area contributed by atoms with Crippen molar-refractivity contribution in [3.05, 3.63) is 30.1 Å². The summed E-state index contributed by atoms with van der Waals surface area (Å²) in [6.45, 7) is 3.85. The van der Waals surface area contributed by atoms with E-state index >= 15 is 0 Å². The Balaban J connectivity index is 2.00. The maximum Gasteiger partial charge on any atom is 0.241 e. The molecule has 45 heavy (non-hydrogen) atoms. The molecule has 2 fully saturated rings. The van der Waals surface area contributed by atoms with E-state index in [0.29, 0.717) is 25.7 Å². The van der Waals surface area contributed by atoms with Gasteiger partial charge in [0.05, 0.1) is 30.2 Å². The molecule has 2 saturated carbocycles. The number of amides is 3. The first-order valence-electron chi connectivity index (χ1n) is 17.1. The smallest absolute Gasteiger partial charge is 0.241 e. The van der Waals surface area contributed by atoms with Gasteiger partial charge in [-0.25, -0.2) is 0 Å². The van der Waals surface area contributed by atoms with Crippen LogP contribution in [0.4, 0.5) is 0 Å². The molecule has 2 aliphatic rings. The Morgan fingerprint density at radius 2 is 1.71 bits per heavy atom. The highest BCUT2D eigenvalue weighted by Gasteiger charge is 2.43. The SMILES string of the molecule is CC(C)C[C@H](O)[C@H](O)[C@H](CC1CCCCC1)N(CC1(O)CCCCC1)C(=O)[C@@H](CC(=O)NCC(=O)N(C)C)Cc1cccnc1. The molecule has 2 aliphatic carbocycles. The molecule has 0 radical (unpaired) electrons. The number of likely N-dealkylation sites (N-methyl/N-ethyl adjacent to an activating group) is 1. The quantitative estimate of drug-likeness (QED) is 0.219. The van der Waals surface area contributed by atoms with Gasteiger partial charge in [-0.2, -0.15) is 0 Å². The minimum atomic E-state index is -1.20. The van der Waals surface area contributed by atoms with E-state index in [0.717, 1.165) is 50.5 Å². The van der Waals surface area contributed by atoms with Gasteiger partial charge in [0, 0.05) is 39.5 Å². The van der Waals surface area contributed by atoms with Crippen LogP contribution in [0.25, 0.3) is 0 Å². The lowest BCUT2D eigenvalue weighted by molar-refractivity contribution is -0.153. The minimum absolute atomic E-state index is 0.0406. The Labute approximate surface area is 270 Å². The number of hydrogen-bond acceptors (Lipinski definition) is 7. The Morgan fingerprint density at radius 1 is 1.04 bits per heavy atom. The molecular formula is C35H58N4O6. The average molecular weight is 631 g/mol. The zero-order valence-corrected chi connectivity index (χ0v) is 28.0. The van der Waals surface area contributed by atoms with E-state index in [1.165, 1.54) is 11.3 Å². The number of rotatable bonds is 16. The van der Waals surface area contributed by atoms with Gasteiger partial charge in [0.2, 0.25) is 17.7 Å². The Hall–Kier alpha value is -2.56. The minimum Gasteiger partial charge on any atom is -0.390 e. The lowest BCUT2D eigenvalue weighted by Crippen LogP contribution is -2.58. The Kier molecular flexibility index (Phi) is 14.7. The molecule has 0 saturated heterocycles. The molecule has 4 N–H and O–H groups in total. The number of nitrogens with zero attached hydrogens (tertiary/aromatic N) is 3. The van der Waals surface area contributed by atoms with Gasteiger partial charge in [-0.15, -0.1) is 0 Å². The highest BCUT2D eigenvalue weighted by atomic mass is 16.3. The van der Waals surface area contributed by atoms with E-state index in [9.17, 15) is 29.7 Å². The summed E-state index contributed by atoms with van der Waals surface area (Å²) in [6.07, 6.45) is 11.3. The molecule has 3 rings (SSSR count). The van der Waals surface area contributed by atoms with Gasteiger partial charge in [-0.1, -0.05) is 71.3 Å². The fraction of sp³-hybridized carbons (Fsp3) is 0.771. The van der Waals surface area contributed by atoms with Crippen LogP contribution in [0, 0.1) is 17.8 Å². The molecule has 1 aromatic rings. The molecule has 0 unspecified atom stereocenters. The van der Waals surface area contributed by atoms with Crippen LogP contribution in [-0.4, -0.2) is 98.9 Å². The lowest BCUT2D eigenvalue weighted by Gasteiger charge is -2.45. The second kappa shape index (κ2) is 18.0. The monoisotopic (exact) mass is 630 g/mol. The van der Waals surface area contributed by atoms with Gasteiger partial charge < -0.3 is 30.4 Å². The van der Waals surface area contributed by atoms with Crippen molar-refractivity contribution < 1.29 is 29.7 Å². The topological polar surface area (TPSA) is 143 Å². The number of pyridine rings is 1.